The maximum Gasteiger partial charge on any atom is 0.231 e. The van der Waals surface area contributed by atoms with E-state index in [2.05, 4.69) is 34.2 Å². The first kappa shape index (κ1) is 24.5. The standard InChI is InChI=1S/C30H29N3O4/c1-35-27-9-7-25(8-10-27)24-5-2-23(3-6-24)21-33(30(34)26-13-17-36-18-14-26)28-20-22(12-15-31-28)4-11-29-32-16-19-37-29/h2-12,15-16,19-20,26H,13-14,17-18,21H2,1H3/b11-4+. The summed E-state index contributed by atoms with van der Waals surface area (Å²) in [5, 5.41) is 0. The topological polar surface area (TPSA) is 77.7 Å². The molecule has 0 atom stereocenters. The number of aromatic nitrogens is 2. The minimum Gasteiger partial charge on any atom is -0.497 e. The van der Waals surface area contributed by atoms with Crippen molar-refractivity contribution in [3.05, 3.63) is 96.3 Å². The molecule has 1 aliphatic rings. The van der Waals surface area contributed by atoms with Crippen LogP contribution in [0.1, 0.15) is 29.9 Å². The summed E-state index contributed by atoms with van der Waals surface area (Å²) >= 11 is 0. The highest BCUT2D eigenvalue weighted by molar-refractivity contribution is 5.94. The molecule has 1 amide bonds. The molecule has 188 valence electrons. The molecule has 0 spiro atoms. The first-order chi connectivity index (χ1) is 18.2. The van der Waals surface area contributed by atoms with E-state index in [0.29, 0.717) is 31.5 Å². The Balaban J connectivity index is 1.39. The second-order valence-corrected chi connectivity index (χ2v) is 8.89. The van der Waals surface area contributed by atoms with Gasteiger partial charge in [-0.2, -0.15) is 0 Å². The molecule has 5 rings (SSSR count). The van der Waals surface area contributed by atoms with Crippen LogP contribution in [-0.4, -0.2) is 36.2 Å². The van der Waals surface area contributed by atoms with Crippen molar-refractivity contribution in [2.24, 2.45) is 5.92 Å². The van der Waals surface area contributed by atoms with Crippen molar-refractivity contribution in [1.82, 2.24) is 9.97 Å². The number of oxazole rings is 1. The Kier molecular flexibility index (Phi) is 7.72. The van der Waals surface area contributed by atoms with Gasteiger partial charge in [-0.05, 0) is 65.4 Å². The maximum absolute atomic E-state index is 13.7. The summed E-state index contributed by atoms with van der Waals surface area (Å²) < 4.78 is 16.0. The molecule has 7 nitrogen and oxygen atoms in total. The predicted octanol–water partition coefficient (Wildman–Crippen LogP) is 5.88. The summed E-state index contributed by atoms with van der Waals surface area (Å²) in [6.07, 6.45) is 9.99. The zero-order valence-corrected chi connectivity index (χ0v) is 20.7. The van der Waals surface area contributed by atoms with Crippen LogP contribution in [0.15, 0.2) is 83.7 Å². The summed E-state index contributed by atoms with van der Waals surface area (Å²) in [7, 11) is 1.66. The van der Waals surface area contributed by atoms with Crippen molar-refractivity contribution < 1.29 is 18.7 Å². The molecule has 2 aromatic carbocycles. The van der Waals surface area contributed by atoms with Gasteiger partial charge < -0.3 is 13.9 Å². The largest absolute Gasteiger partial charge is 0.497 e. The molecule has 2 aromatic heterocycles. The van der Waals surface area contributed by atoms with Gasteiger partial charge in [-0.15, -0.1) is 0 Å². The second-order valence-electron chi connectivity index (χ2n) is 8.89. The summed E-state index contributed by atoms with van der Waals surface area (Å²) in [6.45, 7) is 1.64. The molecular weight excluding hydrogens is 466 g/mol. The lowest BCUT2D eigenvalue weighted by Crippen LogP contribution is -2.38. The van der Waals surface area contributed by atoms with Gasteiger partial charge in [0.25, 0.3) is 0 Å². The van der Waals surface area contributed by atoms with E-state index in [-0.39, 0.29) is 11.8 Å². The van der Waals surface area contributed by atoms with Gasteiger partial charge in [-0.1, -0.05) is 36.4 Å². The van der Waals surface area contributed by atoms with E-state index >= 15 is 0 Å². The first-order valence-electron chi connectivity index (χ1n) is 12.4. The summed E-state index contributed by atoms with van der Waals surface area (Å²) in [5.41, 5.74) is 4.14. The Labute approximate surface area is 216 Å². The van der Waals surface area contributed by atoms with Crippen molar-refractivity contribution in [2.75, 3.05) is 25.2 Å². The van der Waals surface area contributed by atoms with Crippen molar-refractivity contribution in [3.63, 3.8) is 0 Å². The van der Waals surface area contributed by atoms with Crippen molar-refractivity contribution >= 4 is 23.9 Å². The van der Waals surface area contributed by atoms with Crippen molar-refractivity contribution in [3.8, 4) is 16.9 Å². The average molecular weight is 496 g/mol. The molecule has 1 fully saturated rings. The molecule has 0 bridgehead atoms. The quantitative estimate of drug-likeness (QED) is 0.304. The SMILES string of the molecule is COc1ccc(-c2ccc(CN(C(=O)C3CCOCC3)c3cc(/C=C/c4ncco4)ccn3)cc2)cc1. The normalized spacial score (nSPS) is 14.1. The van der Waals surface area contributed by atoms with Crippen LogP contribution in [-0.2, 0) is 16.1 Å². The lowest BCUT2D eigenvalue weighted by atomic mass is 9.98. The summed E-state index contributed by atoms with van der Waals surface area (Å²) in [6, 6.07) is 20.1. The third-order valence-electron chi connectivity index (χ3n) is 6.47. The number of anilines is 1. The Morgan fingerprint density at radius 1 is 0.973 bits per heavy atom. The number of carbonyl (C=O) groups is 1. The predicted molar refractivity (Wildman–Crippen MR) is 143 cm³/mol. The molecular formula is C30H29N3O4. The van der Waals surface area contributed by atoms with Gasteiger partial charge in [0, 0.05) is 31.4 Å². The Morgan fingerprint density at radius 3 is 2.38 bits per heavy atom. The highest BCUT2D eigenvalue weighted by Gasteiger charge is 2.28. The lowest BCUT2D eigenvalue weighted by molar-refractivity contribution is -0.125. The smallest absolute Gasteiger partial charge is 0.231 e. The molecule has 1 aliphatic heterocycles. The zero-order chi connectivity index (χ0) is 25.5. The lowest BCUT2D eigenvalue weighted by Gasteiger charge is -2.29. The van der Waals surface area contributed by atoms with Crippen molar-refractivity contribution in [2.45, 2.75) is 19.4 Å². The molecule has 1 saturated heterocycles. The maximum atomic E-state index is 13.7. The number of nitrogens with zero attached hydrogens (tertiary/aromatic N) is 3. The van der Waals surface area contributed by atoms with Gasteiger partial charge in [0.2, 0.25) is 11.8 Å². The molecule has 0 N–H and O–H groups in total. The first-order valence-corrected chi connectivity index (χ1v) is 12.4. The average Bonchev–Trinajstić information content (AvgIpc) is 3.49. The van der Waals surface area contributed by atoms with Gasteiger partial charge in [-0.25, -0.2) is 9.97 Å². The third-order valence-corrected chi connectivity index (χ3v) is 6.47. The van der Waals surface area contributed by atoms with Crippen LogP contribution in [0.2, 0.25) is 0 Å². The molecule has 3 heterocycles. The molecule has 37 heavy (non-hydrogen) atoms. The van der Waals surface area contributed by atoms with E-state index in [1.165, 1.54) is 6.26 Å². The van der Waals surface area contributed by atoms with Gasteiger partial charge in [-0.3, -0.25) is 9.69 Å². The monoisotopic (exact) mass is 495 g/mol. The number of carbonyl (C=O) groups excluding carboxylic acids is 1. The van der Waals surface area contributed by atoms with Gasteiger partial charge in [0.1, 0.15) is 17.8 Å². The number of pyridine rings is 1. The number of hydrogen-bond donors (Lipinski definition) is 0. The van der Waals surface area contributed by atoms with Crippen LogP contribution in [0.3, 0.4) is 0 Å². The summed E-state index contributed by atoms with van der Waals surface area (Å²) in [5.74, 6) is 1.95. The van der Waals surface area contributed by atoms with Gasteiger partial charge >= 0.3 is 0 Å². The third kappa shape index (κ3) is 6.13. The number of amides is 1. The van der Waals surface area contributed by atoms with Crippen LogP contribution in [0.5, 0.6) is 5.75 Å². The molecule has 7 heteroatoms. The van der Waals surface area contributed by atoms with E-state index in [1.54, 1.807) is 30.5 Å². The van der Waals surface area contributed by atoms with Crippen LogP contribution in [0, 0.1) is 5.92 Å². The van der Waals surface area contributed by atoms with Crippen LogP contribution < -0.4 is 9.64 Å². The highest BCUT2D eigenvalue weighted by atomic mass is 16.5. The molecule has 0 aliphatic carbocycles. The number of benzene rings is 2. The van der Waals surface area contributed by atoms with E-state index in [4.69, 9.17) is 13.9 Å². The highest BCUT2D eigenvalue weighted by Crippen LogP contribution is 2.26. The number of methoxy groups -OCH3 is 1. The fraction of sp³-hybridized carbons (Fsp3) is 0.233. The molecule has 0 unspecified atom stereocenters. The van der Waals surface area contributed by atoms with Gasteiger partial charge in [0.15, 0.2) is 0 Å². The fourth-order valence-corrected chi connectivity index (χ4v) is 4.38. The number of ether oxygens (including phenoxy) is 2. The van der Waals surface area contributed by atoms with Gasteiger partial charge in [0.05, 0.1) is 19.9 Å². The Hall–Kier alpha value is -4.23. The minimum absolute atomic E-state index is 0.0730. The van der Waals surface area contributed by atoms with E-state index in [1.807, 2.05) is 42.5 Å². The molecule has 0 radical (unpaired) electrons. The fourth-order valence-electron chi connectivity index (χ4n) is 4.38. The number of hydrogen-bond acceptors (Lipinski definition) is 6. The van der Waals surface area contributed by atoms with Crippen LogP contribution in [0.25, 0.3) is 23.3 Å². The molecule has 4 aromatic rings. The second kappa shape index (κ2) is 11.7. The van der Waals surface area contributed by atoms with Crippen LogP contribution in [0.4, 0.5) is 5.82 Å². The molecule has 0 saturated carbocycles. The van der Waals surface area contributed by atoms with E-state index in [0.717, 1.165) is 40.8 Å². The van der Waals surface area contributed by atoms with Crippen molar-refractivity contribution in [1.29, 1.82) is 0 Å². The number of rotatable bonds is 8. The minimum atomic E-state index is -0.0827. The Bertz CT molecular complexity index is 1330. The van der Waals surface area contributed by atoms with E-state index in [9.17, 15) is 4.79 Å². The van der Waals surface area contributed by atoms with Crippen LogP contribution >= 0.6 is 0 Å². The zero-order valence-electron chi connectivity index (χ0n) is 20.7. The summed E-state index contributed by atoms with van der Waals surface area (Å²) in [4.78, 5) is 24.2. The Morgan fingerprint density at radius 2 is 1.70 bits per heavy atom. The van der Waals surface area contributed by atoms with E-state index < -0.39 is 0 Å².